The maximum atomic E-state index is 13.6. The highest BCUT2D eigenvalue weighted by molar-refractivity contribution is 6.06. The summed E-state index contributed by atoms with van der Waals surface area (Å²) in [6, 6.07) is 11.1. The quantitative estimate of drug-likeness (QED) is 0.430. The molecule has 1 aliphatic carbocycles. The summed E-state index contributed by atoms with van der Waals surface area (Å²) in [6.45, 7) is 3.17. The second-order valence-electron chi connectivity index (χ2n) is 8.48. The van der Waals surface area contributed by atoms with Crippen LogP contribution in [0.4, 0.5) is 10.1 Å². The zero-order valence-corrected chi connectivity index (χ0v) is 19.0. The van der Waals surface area contributed by atoms with Crippen molar-refractivity contribution in [2.45, 2.75) is 38.7 Å². The molecule has 7 nitrogen and oxygen atoms in total. The molecule has 1 heterocycles. The van der Waals surface area contributed by atoms with Gasteiger partial charge < -0.3 is 25.0 Å². The number of aromatic nitrogens is 1. The van der Waals surface area contributed by atoms with Crippen molar-refractivity contribution >= 4 is 11.6 Å². The zero-order valence-electron chi connectivity index (χ0n) is 19.0. The number of aryl methyl sites for hydroxylation is 2. The molecule has 1 saturated carbocycles. The van der Waals surface area contributed by atoms with Gasteiger partial charge in [-0.15, -0.1) is 0 Å². The molecule has 178 valence electrons. The summed E-state index contributed by atoms with van der Waals surface area (Å²) in [7, 11) is 0. The topological polar surface area (TPSA) is 101 Å². The average molecular weight is 467 g/mol. The number of amides is 1. The number of anilines is 1. The number of carbonyl (C=O) groups excluding carboxylic acids is 1. The fraction of sp³-hybridized carbons (Fsp3) is 0.308. The van der Waals surface area contributed by atoms with Crippen molar-refractivity contribution in [1.29, 1.82) is 0 Å². The predicted octanol–water partition coefficient (Wildman–Crippen LogP) is 4.49. The standard InChI is InChI=1S/C26H27FN2O5/c1-15-10-22(26(32)29-19-7-8-28-25(11-19)33-14-20(31)13-30)24(12-21(15)17-3-4-17)34-23-6-5-18(27)9-16(23)2/h5-12,17,20,30-31H,3-4,13-14H2,1-2H3,(H,28,29,32)/t20-/m1/s1. The van der Waals surface area contributed by atoms with E-state index < -0.39 is 12.7 Å². The van der Waals surface area contributed by atoms with Gasteiger partial charge in [0.15, 0.2) is 0 Å². The van der Waals surface area contributed by atoms with Gasteiger partial charge in [-0.1, -0.05) is 0 Å². The third-order valence-corrected chi connectivity index (χ3v) is 5.61. The number of pyridine rings is 1. The van der Waals surface area contributed by atoms with Gasteiger partial charge >= 0.3 is 0 Å². The summed E-state index contributed by atoms with van der Waals surface area (Å²) in [5.74, 6) is 0.798. The molecule has 1 aromatic heterocycles. The lowest BCUT2D eigenvalue weighted by atomic mass is 9.99. The van der Waals surface area contributed by atoms with Crippen molar-refractivity contribution in [3.63, 3.8) is 0 Å². The summed E-state index contributed by atoms with van der Waals surface area (Å²) < 4.78 is 25.0. The minimum Gasteiger partial charge on any atom is -0.475 e. The Balaban J connectivity index is 1.60. The first-order valence-corrected chi connectivity index (χ1v) is 11.1. The van der Waals surface area contributed by atoms with E-state index in [1.165, 1.54) is 24.4 Å². The first-order valence-electron chi connectivity index (χ1n) is 11.1. The number of nitrogens with one attached hydrogen (secondary N) is 1. The lowest BCUT2D eigenvalue weighted by Gasteiger charge is -2.17. The van der Waals surface area contributed by atoms with Crippen molar-refractivity contribution in [3.05, 3.63) is 76.7 Å². The highest BCUT2D eigenvalue weighted by atomic mass is 19.1. The highest BCUT2D eigenvalue weighted by Crippen LogP contribution is 2.44. The van der Waals surface area contributed by atoms with E-state index in [0.29, 0.717) is 34.2 Å². The van der Waals surface area contributed by atoms with Gasteiger partial charge in [0, 0.05) is 18.0 Å². The van der Waals surface area contributed by atoms with E-state index in [-0.39, 0.29) is 24.2 Å². The van der Waals surface area contributed by atoms with Crippen LogP contribution in [-0.2, 0) is 0 Å². The average Bonchev–Trinajstić information content (AvgIpc) is 3.65. The van der Waals surface area contributed by atoms with E-state index in [4.69, 9.17) is 14.6 Å². The van der Waals surface area contributed by atoms with Crippen molar-refractivity contribution < 1.29 is 28.9 Å². The van der Waals surface area contributed by atoms with Gasteiger partial charge in [0.2, 0.25) is 5.88 Å². The Morgan fingerprint density at radius 2 is 1.94 bits per heavy atom. The lowest BCUT2D eigenvalue weighted by molar-refractivity contribution is 0.0521. The molecule has 0 unspecified atom stereocenters. The number of rotatable bonds is 9. The number of ether oxygens (including phenoxy) is 2. The first-order chi connectivity index (χ1) is 16.3. The number of carbonyl (C=O) groups is 1. The van der Waals surface area contributed by atoms with Crippen molar-refractivity contribution in [2.24, 2.45) is 0 Å². The van der Waals surface area contributed by atoms with Crippen LogP contribution >= 0.6 is 0 Å². The molecule has 1 amide bonds. The number of hydrogen-bond acceptors (Lipinski definition) is 6. The summed E-state index contributed by atoms with van der Waals surface area (Å²) in [4.78, 5) is 17.3. The van der Waals surface area contributed by atoms with Gasteiger partial charge in [-0.2, -0.15) is 0 Å². The van der Waals surface area contributed by atoms with Gasteiger partial charge in [-0.05, 0) is 85.7 Å². The predicted molar refractivity (Wildman–Crippen MR) is 125 cm³/mol. The molecule has 1 atom stereocenters. The molecule has 8 heteroatoms. The van der Waals surface area contributed by atoms with Crippen LogP contribution in [0.5, 0.6) is 17.4 Å². The van der Waals surface area contributed by atoms with Gasteiger partial charge in [0.05, 0.1) is 12.2 Å². The Kier molecular flexibility index (Phi) is 7.09. The second-order valence-corrected chi connectivity index (χ2v) is 8.48. The van der Waals surface area contributed by atoms with Gasteiger partial charge in [-0.3, -0.25) is 4.79 Å². The molecule has 0 spiro atoms. The van der Waals surface area contributed by atoms with E-state index in [9.17, 15) is 14.3 Å². The second kappa shape index (κ2) is 10.2. The Labute approximate surface area is 197 Å². The number of benzene rings is 2. The number of nitrogens with zero attached hydrogens (tertiary/aromatic N) is 1. The molecule has 1 fully saturated rings. The van der Waals surface area contributed by atoms with E-state index in [2.05, 4.69) is 10.3 Å². The molecule has 0 saturated heterocycles. The van der Waals surface area contributed by atoms with Crippen molar-refractivity contribution in [2.75, 3.05) is 18.5 Å². The molecular formula is C26H27FN2O5. The van der Waals surface area contributed by atoms with Crippen molar-refractivity contribution in [1.82, 2.24) is 4.98 Å². The third kappa shape index (κ3) is 5.70. The summed E-state index contributed by atoms with van der Waals surface area (Å²) in [5, 5.41) is 21.2. The van der Waals surface area contributed by atoms with Crippen LogP contribution in [0.15, 0.2) is 48.7 Å². The van der Waals surface area contributed by atoms with E-state index in [1.54, 1.807) is 19.1 Å². The van der Waals surface area contributed by atoms with Gasteiger partial charge in [0.1, 0.15) is 30.0 Å². The summed E-state index contributed by atoms with van der Waals surface area (Å²) >= 11 is 0. The molecule has 34 heavy (non-hydrogen) atoms. The van der Waals surface area contributed by atoms with Crippen molar-refractivity contribution in [3.8, 4) is 17.4 Å². The number of aliphatic hydroxyl groups is 2. The molecule has 0 bridgehead atoms. The SMILES string of the molecule is Cc1cc(F)ccc1Oc1cc(C2CC2)c(C)cc1C(=O)Nc1ccnc(OC[C@H](O)CO)c1. The third-order valence-electron chi connectivity index (χ3n) is 5.61. The van der Waals surface area contributed by atoms with Crippen LogP contribution in [0, 0.1) is 19.7 Å². The first kappa shape index (κ1) is 23.7. The number of halogens is 1. The summed E-state index contributed by atoms with van der Waals surface area (Å²) in [5.41, 5.74) is 3.57. The number of aliphatic hydroxyl groups excluding tert-OH is 2. The monoisotopic (exact) mass is 466 g/mol. The molecule has 4 rings (SSSR count). The van der Waals surface area contributed by atoms with Crippen LogP contribution in [-0.4, -0.2) is 40.4 Å². The summed E-state index contributed by atoms with van der Waals surface area (Å²) in [6.07, 6.45) is 2.65. The Morgan fingerprint density at radius 3 is 2.65 bits per heavy atom. The van der Waals surface area contributed by atoms with Crippen LogP contribution in [0.25, 0.3) is 0 Å². The highest BCUT2D eigenvalue weighted by Gasteiger charge is 2.28. The van der Waals surface area contributed by atoms with E-state index in [0.717, 1.165) is 24.0 Å². The Bertz CT molecular complexity index is 1200. The maximum absolute atomic E-state index is 13.6. The minimum absolute atomic E-state index is 0.127. The van der Waals surface area contributed by atoms with Crippen LogP contribution < -0.4 is 14.8 Å². The molecule has 3 aromatic rings. The smallest absolute Gasteiger partial charge is 0.259 e. The molecule has 2 aromatic carbocycles. The van der Waals surface area contributed by atoms with Gasteiger partial charge in [-0.25, -0.2) is 9.37 Å². The molecule has 3 N–H and O–H groups in total. The molecule has 0 radical (unpaired) electrons. The minimum atomic E-state index is -1.03. The fourth-order valence-electron chi connectivity index (χ4n) is 3.64. The maximum Gasteiger partial charge on any atom is 0.259 e. The van der Waals surface area contributed by atoms with Crippen LogP contribution in [0.3, 0.4) is 0 Å². The van der Waals surface area contributed by atoms with E-state index in [1.807, 2.05) is 19.1 Å². The Hall–Kier alpha value is -3.49. The normalized spacial score (nSPS) is 13.9. The molecule has 1 aliphatic rings. The van der Waals surface area contributed by atoms with Crippen LogP contribution in [0.2, 0.25) is 0 Å². The Morgan fingerprint density at radius 1 is 1.15 bits per heavy atom. The van der Waals surface area contributed by atoms with Crippen LogP contribution in [0.1, 0.15) is 45.8 Å². The number of hydrogen-bond donors (Lipinski definition) is 3. The molecule has 0 aliphatic heterocycles. The van der Waals surface area contributed by atoms with Gasteiger partial charge in [0.25, 0.3) is 5.91 Å². The lowest BCUT2D eigenvalue weighted by Crippen LogP contribution is -2.21. The van der Waals surface area contributed by atoms with E-state index >= 15 is 0 Å². The molecular weight excluding hydrogens is 439 g/mol. The largest absolute Gasteiger partial charge is 0.475 e. The zero-order chi connectivity index (χ0) is 24.2. The fourth-order valence-corrected chi connectivity index (χ4v) is 3.64.